The fourth-order valence-electron chi connectivity index (χ4n) is 2.38. The van der Waals surface area contributed by atoms with E-state index in [1.807, 2.05) is 25.2 Å². The Labute approximate surface area is 111 Å². The van der Waals surface area contributed by atoms with E-state index < -0.39 is 0 Å². The molecule has 0 bridgehead atoms. The maximum Gasteiger partial charge on any atom is 0.251 e. The summed E-state index contributed by atoms with van der Waals surface area (Å²) >= 11 is 0. The summed E-state index contributed by atoms with van der Waals surface area (Å²) in [5.41, 5.74) is 4.29. The molecule has 0 aliphatic rings. The highest BCUT2D eigenvalue weighted by Gasteiger charge is 2.07. The number of rotatable bonds is 1. The highest BCUT2D eigenvalue weighted by Crippen LogP contribution is 2.26. The van der Waals surface area contributed by atoms with Crippen LogP contribution in [0.3, 0.4) is 0 Å². The van der Waals surface area contributed by atoms with Crippen molar-refractivity contribution in [1.82, 2.24) is 4.57 Å². The molecule has 0 aliphatic heterocycles. The molecule has 0 amide bonds. The summed E-state index contributed by atoms with van der Waals surface area (Å²) in [4.78, 5) is 12.1. The molecule has 2 aromatic carbocycles. The molecular formula is C17H15NO. The number of para-hydroxylation sites is 1. The van der Waals surface area contributed by atoms with Gasteiger partial charge in [0, 0.05) is 18.5 Å². The number of fused-ring (bicyclic) bond motifs is 1. The van der Waals surface area contributed by atoms with Crippen LogP contribution in [0, 0.1) is 6.92 Å². The van der Waals surface area contributed by atoms with Crippen molar-refractivity contribution in [2.45, 2.75) is 6.92 Å². The normalized spacial score (nSPS) is 10.8. The van der Waals surface area contributed by atoms with Crippen molar-refractivity contribution in [3.63, 3.8) is 0 Å². The van der Waals surface area contributed by atoms with Gasteiger partial charge in [0.2, 0.25) is 0 Å². The van der Waals surface area contributed by atoms with Crippen molar-refractivity contribution in [3.05, 3.63) is 70.5 Å². The molecule has 19 heavy (non-hydrogen) atoms. The molecule has 0 radical (unpaired) electrons. The molecule has 1 heterocycles. The maximum atomic E-state index is 12.1. The topological polar surface area (TPSA) is 22.0 Å². The Kier molecular flexibility index (Phi) is 2.71. The van der Waals surface area contributed by atoms with E-state index in [0.29, 0.717) is 0 Å². The summed E-state index contributed by atoms with van der Waals surface area (Å²) in [5, 5.41) is 1.11. The molecule has 0 saturated carbocycles. The fourth-order valence-corrected chi connectivity index (χ4v) is 2.38. The van der Waals surface area contributed by atoms with E-state index in [1.165, 1.54) is 5.56 Å². The molecule has 3 rings (SSSR count). The van der Waals surface area contributed by atoms with Gasteiger partial charge < -0.3 is 4.57 Å². The number of aromatic nitrogens is 1. The summed E-state index contributed by atoms with van der Waals surface area (Å²) in [6, 6.07) is 18.0. The van der Waals surface area contributed by atoms with Crippen molar-refractivity contribution in [2.24, 2.45) is 7.05 Å². The van der Waals surface area contributed by atoms with Crippen molar-refractivity contribution >= 4 is 10.9 Å². The molecule has 3 aromatic rings. The highest BCUT2D eigenvalue weighted by molar-refractivity contribution is 5.94. The first-order valence-corrected chi connectivity index (χ1v) is 6.32. The lowest BCUT2D eigenvalue weighted by molar-refractivity contribution is 0.907. The number of benzene rings is 2. The number of nitrogens with zero attached hydrogens (tertiary/aromatic N) is 1. The van der Waals surface area contributed by atoms with Gasteiger partial charge in [0.05, 0.1) is 5.52 Å². The first-order valence-electron chi connectivity index (χ1n) is 6.32. The van der Waals surface area contributed by atoms with Gasteiger partial charge in [-0.05, 0) is 24.1 Å². The minimum Gasteiger partial charge on any atom is -0.311 e. The zero-order valence-corrected chi connectivity index (χ0v) is 11.1. The molecule has 0 atom stereocenters. The van der Waals surface area contributed by atoms with Crippen LogP contribution in [0.15, 0.2) is 59.4 Å². The Morgan fingerprint density at radius 1 is 0.947 bits per heavy atom. The molecule has 0 unspecified atom stereocenters. The smallest absolute Gasteiger partial charge is 0.251 e. The monoisotopic (exact) mass is 249 g/mol. The molecular weight excluding hydrogens is 234 g/mol. The average Bonchev–Trinajstić information content (AvgIpc) is 2.44. The summed E-state index contributed by atoms with van der Waals surface area (Å²) in [6.45, 7) is 2.06. The average molecular weight is 249 g/mol. The van der Waals surface area contributed by atoms with E-state index in [9.17, 15) is 4.79 Å². The zero-order valence-electron chi connectivity index (χ0n) is 11.1. The van der Waals surface area contributed by atoms with Crippen molar-refractivity contribution < 1.29 is 0 Å². The SMILES string of the molecule is Cc1ccc(-c2cc(=O)n(C)c3ccccc23)cc1. The number of hydrogen-bond acceptors (Lipinski definition) is 1. The van der Waals surface area contributed by atoms with E-state index in [2.05, 4.69) is 37.3 Å². The van der Waals surface area contributed by atoms with E-state index in [-0.39, 0.29) is 5.56 Å². The van der Waals surface area contributed by atoms with Crippen molar-refractivity contribution in [2.75, 3.05) is 0 Å². The van der Waals surface area contributed by atoms with Crippen molar-refractivity contribution in [3.8, 4) is 11.1 Å². The molecule has 0 spiro atoms. The molecule has 0 saturated heterocycles. The van der Waals surface area contributed by atoms with Crippen LogP contribution in [0.5, 0.6) is 0 Å². The molecule has 0 fully saturated rings. The van der Waals surface area contributed by atoms with E-state index in [0.717, 1.165) is 22.0 Å². The van der Waals surface area contributed by atoms with Crippen LogP contribution >= 0.6 is 0 Å². The quantitative estimate of drug-likeness (QED) is 0.647. The van der Waals surface area contributed by atoms with E-state index in [4.69, 9.17) is 0 Å². The van der Waals surface area contributed by atoms with Gasteiger partial charge in [-0.2, -0.15) is 0 Å². The minimum absolute atomic E-state index is 0.0225. The molecule has 2 heteroatoms. The third-order valence-electron chi connectivity index (χ3n) is 3.52. The Bertz CT molecular complexity index is 798. The fraction of sp³-hybridized carbons (Fsp3) is 0.118. The lowest BCUT2D eigenvalue weighted by Gasteiger charge is -2.10. The van der Waals surface area contributed by atoms with Crippen LogP contribution in [0.4, 0.5) is 0 Å². The molecule has 94 valence electrons. The number of pyridine rings is 1. The van der Waals surface area contributed by atoms with Gasteiger partial charge in [-0.3, -0.25) is 4.79 Å². The highest BCUT2D eigenvalue weighted by atomic mass is 16.1. The Morgan fingerprint density at radius 2 is 1.63 bits per heavy atom. The number of aryl methyl sites for hydroxylation is 2. The van der Waals surface area contributed by atoms with E-state index in [1.54, 1.807) is 10.6 Å². The second kappa shape index (κ2) is 4.39. The standard InChI is InChI=1S/C17H15NO/c1-12-7-9-13(10-8-12)15-11-17(19)18(2)16-6-4-3-5-14(15)16/h3-11H,1-2H3. The minimum atomic E-state index is 0.0225. The van der Waals surface area contributed by atoms with Gasteiger partial charge in [0.25, 0.3) is 5.56 Å². The van der Waals surface area contributed by atoms with Crippen LogP contribution in [-0.4, -0.2) is 4.57 Å². The molecule has 0 aliphatic carbocycles. The predicted octanol–water partition coefficient (Wildman–Crippen LogP) is 3.51. The Hall–Kier alpha value is -2.35. The maximum absolute atomic E-state index is 12.1. The predicted molar refractivity (Wildman–Crippen MR) is 79.4 cm³/mol. The van der Waals surface area contributed by atoms with Gasteiger partial charge in [-0.15, -0.1) is 0 Å². The molecule has 1 aromatic heterocycles. The van der Waals surface area contributed by atoms with Gasteiger partial charge in [0.15, 0.2) is 0 Å². The summed E-state index contributed by atoms with van der Waals surface area (Å²) < 4.78 is 1.69. The van der Waals surface area contributed by atoms with Crippen LogP contribution in [0.1, 0.15) is 5.56 Å². The summed E-state index contributed by atoms with van der Waals surface area (Å²) in [7, 11) is 1.81. The van der Waals surface area contributed by atoms with Crippen LogP contribution in [-0.2, 0) is 7.05 Å². The largest absolute Gasteiger partial charge is 0.311 e. The third kappa shape index (κ3) is 1.95. The van der Waals surface area contributed by atoms with Crippen molar-refractivity contribution in [1.29, 1.82) is 0 Å². The molecule has 2 nitrogen and oxygen atoms in total. The Balaban J connectivity index is 2.38. The first-order chi connectivity index (χ1) is 9.16. The molecule has 0 N–H and O–H groups in total. The number of hydrogen-bond donors (Lipinski definition) is 0. The third-order valence-corrected chi connectivity index (χ3v) is 3.52. The van der Waals surface area contributed by atoms with Gasteiger partial charge >= 0.3 is 0 Å². The van der Waals surface area contributed by atoms with Gasteiger partial charge in [-0.25, -0.2) is 0 Å². The van der Waals surface area contributed by atoms with Gasteiger partial charge in [0.1, 0.15) is 0 Å². The van der Waals surface area contributed by atoms with Crippen LogP contribution in [0.25, 0.3) is 22.0 Å². The van der Waals surface area contributed by atoms with Crippen LogP contribution < -0.4 is 5.56 Å². The van der Waals surface area contributed by atoms with Crippen LogP contribution in [0.2, 0.25) is 0 Å². The summed E-state index contributed by atoms with van der Waals surface area (Å²) in [6.07, 6.45) is 0. The van der Waals surface area contributed by atoms with E-state index >= 15 is 0 Å². The zero-order chi connectivity index (χ0) is 13.4. The Morgan fingerprint density at radius 3 is 2.37 bits per heavy atom. The second-order valence-electron chi connectivity index (χ2n) is 4.84. The summed E-state index contributed by atoms with van der Waals surface area (Å²) in [5.74, 6) is 0. The van der Waals surface area contributed by atoms with Gasteiger partial charge in [-0.1, -0.05) is 48.0 Å². The first kappa shape index (κ1) is 11.7. The lowest BCUT2D eigenvalue weighted by atomic mass is 10.0. The second-order valence-corrected chi connectivity index (χ2v) is 4.84. The lowest BCUT2D eigenvalue weighted by Crippen LogP contribution is -2.16.